The highest BCUT2D eigenvalue weighted by Crippen LogP contribution is 2.38. The zero-order chi connectivity index (χ0) is 15.6. The van der Waals surface area contributed by atoms with Crippen molar-refractivity contribution in [3.63, 3.8) is 0 Å². The molecule has 0 radical (unpaired) electrons. The lowest BCUT2D eigenvalue weighted by Crippen LogP contribution is -2.48. The molecule has 0 spiro atoms. The zero-order valence-electron chi connectivity index (χ0n) is 11.5. The molecule has 1 aliphatic rings. The summed E-state index contributed by atoms with van der Waals surface area (Å²) >= 11 is 0. The van der Waals surface area contributed by atoms with E-state index < -0.39 is 35.1 Å². The SMILES string of the molecule is CC1(C(=O)O)CCCC1NC(=O)Nc1ccc(F)c(F)c1. The number of carboxylic acid groups (broad SMARTS) is 1. The summed E-state index contributed by atoms with van der Waals surface area (Å²) < 4.78 is 25.8. The van der Waals surface area contributed by atoms with Crippen molar-refractivity contribution in [1.82, 2.24) is 5.32 Å². The van der Waals surface area contributed by atoms with E-state index in [2.05, 4.69) is 10.6 Å². The number of carboxylic acids is 1. The molecule has 2 atom stereocenters. The molecule has 0 bridgehead atoms. The van der Waals surface area contributed by atoms with Gasteiger partial charge in [0, 0.05) is 17.8 Å². The van der Waals surface area contributed by atoms with Crippen molar-refractivity contribution in [1.29, 1.82) is 0 Å². The second-order valence-electron chi connectivity index (χ2n) is 5.39. The minimum atomic E-state index is -1.07. The van der Waals surface area contributed by atoms with Gasteiger partial charge in [0.25, 0.3) is 0 Å². The lowest BCUT2D eigenvalue weighted by molar-refractivity contribution is -0.148. The second-order valence-corrected chi connectivity index (χ2v) is 5.39. The van der Waals surface area contributed by atoms with Gasteiger partial charge < -0.3 is 15.7 Å². The van der Waals surface area contributed by atoms with E-state index in [9.17, 15) is 23.5 Å². The topological polar surface area (TPSA) is 78.4 Å². The van der Waals surface area contributed by atoms with E-state index >= 15 is 0 Å². The van der Waals surface area contributed by atoms with Crippen molar-refractivity contribution < 1.29 is 23.5 Å². The van der Waals surface area contributed by atoms with Crippen LogP contribution in [0.4, 0.5) is 19.3 Å². The van der Waals surface area contributed by atoms with E-state index in [1.165, 1.54) is 6.07 Å². The van der Waals surface area contributed by atoms with Crippen LogP contribution in [0.3, 0.4) is 0 Å². The number of urea groups is 1. The third kappa shape index (κ3) is 3.12. The monoisotopic (exact) mass is 298 g/mol. The van der Waals surface area contributed by atoms with Crippen LogP contribution in [0.15, 0.2) is 18.2 Å². The van der Waals surface area contributed by atoms with Gasteiger partial charge in [-0.3, -0.25) is 4.79 Å². The van der Waals surface area contributed by atoms with Gasteiger partial charge in [-0.15, -0.1) is 0 Å². The number of hydrogen-bond donors (Lipinski definition) is 3. The second kappa shape index (κ2) is 5.67. The van der Waals surface area contributed by atoms with E-state index in [1.54, 1.807) is 6.92 Å². The first-order valence-corrected chi connectivity index (χ1v) is 6.59. The van der Waals surface area contributed by atoms with E-state index in [4.69, 9.17) is 0 Å². The highest BCUT2D eigenvalue weighted by atomic mass is 19.2. The fraction of sp³-hybridized carbons (Fsp3) is 0.429. The fourth-order valence-electron chi connectivity index (χ4n) is 2.55. The average molecular weight is 298 g/mol. The van der Waals surface area contributed by atoms with Crippen molar-refractivity contribution in [3.8, 4) is 0 Å². The molecule has 0 aromatic heterocycles. The quantitative estimate of drug-likeness (QED) is 0.803. The van der Waals surface area contributed by atoms with Gasteiger partial charge in [-0.25, -0.2) is 13.6 Å². The number of amides is 2. The molecule has 2 rings (SSSR count). The maximum atomic E-state index is 13.0. The van der Waals surface area contributed by atoms with Crippen molar-refractivity contribution >= 4 is 17.7 Å². The fourth-order valence-corrected chi connectivity index (χ4v) is 2.55. The standard InChI is InChI=1S/C14H16F2N2O3/c1-14(12(19)20)6-2-3-11(14)18-13(21)17-8-4-5-9(15)10(16)7-8/h4-5,7,11H,2-3,6H2,1H3,(H,19,20)(H2,17,18,21). The molecule has 3 N–H and O–H groups in total. The lowest BCUT2D eigenvalue weighted by atomic mass is 9.85. The number of carbonyl (C=O) groups excluding carboxylic acids is 1. The van der Waals surface area contributed by atoms with Gasteiger partial charge in [-0.05, 0) is 31.9 Å². The van der Waals surface area contributed by atoms with Crippen LogP contribution in [-0.2, 0) is 4.79 Å². The van der Waals surface area contributed by atoms with Gasteiger partial charge in [0.15, 0.2) is 11.6 Å². The first-order chi connectivity index (χ1) is 9.83. The molecule has 2 unspecified atom stereocenters. The van der Waals surface area contributed by atoms with E-state index in [-0.39, 0.29) is 5.69 Å². The molecule has 21 heavy (non-hydrogen) atoms. The third-order valence-corrected chi connectivity index (χ3v) is 3.93. The molecule has 5 nitrogen and oxygen atoms in total. The largest absolute Gasteiger partial charge is 0.481 e. The Bertz CT molecular complexity index is 579. The number of hydrogen-bond acceptors (Lipinski definition) is 2. The first-order valence-electron chi connectivity index (χ1n) is 6.59. The number of rotatable bonds is 3. The van der Waals surface area contributed by atoms with Gasteiger partial charge in [-0.1, -0.05) is 6.42 Å². The molecule has 2 amide bonds. The summed E-state index contributed by atoms with van der Waals surface area (Å²) in [5.41, 5.74) is -0.910. The van der Waals surface area contributed by atoms with Crippen LogP contribution in [0.1, 0.15) is 26.2 Å². The maximum Gasteiger partial charge on any atom is 0.319 e. The van der Waals surface area contributed by atoms with Gasteiger partial charge >= 0.3 is 12.0 Å². The molecule has 114 valence electrons. The van der Waals surface area contributed by atoms with Crippen LogP contribution in [0.5, 0.6) is 0 Å². The smallest absolute Gasteiger partial charge is 0.319 e. The molecule has 0 heterocycles. The van der Waals surface area contributed by atoms with Crippen LogP contribution < -0.4 is 10.6 Å². The molecular weight excluding hydrogens is 282 g/mol. The summed E-state index contributed by atoms with van der Waals surface area (Å²) in [7, 11) is 0. The van der Waals surface area contributed by atoms with Gasteiger partial charge in [0.05, 0.1) is 5.41 Å². The number of anilines is 1. The highest BCUT2D eigenvalue weighted by Gasteiger charge is 2.45. The number of halogens is 2. The molecule has 7 heteroatoms. The van der Waals surface area contributed by atoms with Crippen LogP contribution >= 0.6 is 0 Å². The van der Waals surface area contributed by atoms with Crippen LogP contribution in [0.2, 0.25) is 0 Å². The zero-order valence-corrected chi connectivity index (χ0v) is 11.5. The minimum Gasteiger partial charge on any atom is -0.481 e. The van der Waals surface area contributed by atoms with E-state index in [0.29, 0.717) is 19.3 Å². The summed E-state index contributed by atoms with van der Waals surface area (Å²) in [6.07, 6.45) is 1.76. The molecule has 1 fully saturated rings. The van der Waals surface area contributed by atoms with Crippen molar-refractivity contribution in [2.45, 2.75) is 32.2 Å². The van der Waals surface area contributed by atoms with Crippen LogP contribution in [0.25, 0.3) is 0 Å². The Morgan fingerprint density at radius 1 is 1.33 bits per heavy atom. The number of nitrogens with one attached hydrogen (secondary N) is 2. The van der Waals surface area contributed by atoms with Crippen LogP contribution in [0, 0.1) is 17.0 Å². The maximum absolute atomic E-state index is 13.0. The van der Waals surface area contributed by atoms with E-state index in [0.717, 1.165) is 12.1 Å². The number of carbonyl (C=O) groups is 2. The molecule has 1 saturated carbocycles. The summed E-state index contributed by atoms with van der Waals surface area (Å²) in [5.74, 6) is -3.03. The average Bonchev–Trinajstić information content (AvgIpc) is 2.77. The highest BCUT2D eigenvalue weighted by molar-refractivity contribution is 5.90. The normalized spacial score (nSPS) is 24.6. The minimum absolute atomic E-state index is 0.0985. The van der Waals surface area contributed by atoms with Gasteiger partial charge in [0.2, 0.25) is 0 Å². The molecular formula is C14H16F2N2O3. The summed E-state index contributed by atoms with van der Waals surface area (Å²) in [4.78, 5) is 23.1. The van der Waals surface area contributed by atoms with E-state index in [1.807, 2.05) is 0 Å². The summed E-state index contributed by atoms with van der Waals surface area (Å²) in [5, 5.41) is 14.2. The Balaban J connectivity index is 2.01. The number of aliphatic carboxylic acids is 1. The predicted molar refractivity (Wildman–Crippen MR) is 71.9 cm³/mol. The molecule has 1 aromatic rings. The summed E-state index contributed by atoms with van der Waals surface area (Å²) in [6.45, 7) is 1.59. The first kappa shape index (κ1) is 15.2. The Hall–Kier alpha value is -2.18. The van der Waals surface area contributed by atoms with Gasteiger partial charge in [0.1, 0.15) is 0 Å². The molecule has 1 aliphatic carbocycles. The Kier molecular flexibility index (Phi) is 4.11. The van der Waals surface area contributed by atoms with Crippen molar-refractivity contribution in [3.05, 3.63) is 29.8 Å². The van der Waals surface area contributed by atoms with Gasteiger partial charge in [-0.2, -0.15) is 0 Å². The van der Waals surface area contributed by atoms with Crippen molar-refractivity contribution in [2.75, 3.05) is 5.32 Å². The van der Waals surface area contributed by atoms with Crippen LogP contribution in [-0.4, -0.2) is 23.1 Å². The third-order valence-electron chi connectivity index (χ3n) is 3.93. The molecule has 0 saturated heterocycles. The Morgan fingerprint density at radius 3 is 2.67 bits per heavy atom. The molecule has 0 aliphatic heterocycles. The lowest BCUT2D eigenvalue weighted by Gasteiger charge is -2.27. The predicted octanol–water partition coefficient (Wildman–Crippen LogP) is 2.73. The number of benzene rings is 1. The Labute approximate surface area is 120 Å². The summed E-state index contributed by atoms with van der Waals surface area (Å²) in [6, 6.07) is 1.85. The van der Waals surface area contributed by atoms with Crippen molar-refractivity contribution in [2.24, 2.45) is 5.41 Å². The Morgan fingerprint density at radius 2 is 2.05 bits per heavy atom. The molecule has 1 aromatic carbocycles.